The van der Waals surface area contributed by atoms with Gasteiger partial charge in [0.1, 0.15) is 0 Å². The molecule has 0 radical (unpaired) electrons. The second-order valence-corrected chi connectivity index (χ2v) is 6.43. The first kappa shape index (κ1) is 18.1. The molecule has 1 aliphatic rings. The van der Waals surface area contributed by atoms with Crippen molar-refractivity contribution < 1.29 is 23.1 Å². The molecule has 1 saturated carbocycles. The van der Waals surface area contributed by atoms with Crippen molar-refractivity contribution in [2.75, 3.05) is 0 Å². The maximum Gasteiger partial charge on any atom is 0.416 e. The fraction of sp³-hybridized carbons (Fsp3) is 0.562. The number of rotatable bonds is 3. The highest BCUT2D eigenvalue weighted by molar-refractivity contribution is 6.33. The molecule has 0 aliphatic heterocycles. The van der Waals surface area contributed by atoms with Gasteiger partial charge in [-0.15, -0.1) is 0 Å². The van der Waals surface area contributed by atoms with Gasteiger partial charge in [0, 0.05) is 6.04 Å². The van der Waals surface area contributed by atoms with Crippen molar-refractivity contribution in [3.8, 4) is 0 Å². The molecular weight excluding hydrogens is 331 g/mol. The van der Waals surface area contributed by atoms with Crippen molar-refractivity contribution >= 4 is 17.5 Å². The molecule has 1 fully saturated rings. The third-order valence-corrected chi connectivity index (χ3v) is 4.66. The summed E-state index contributed by atoms with van der Waals surface area (Å²) in [5.41, 5.74) is -1.07. The van der Waals surface area contributed by atoms with Crippen LogP contribution in [0, 0.1) is 5.92 Å². The maximum absolute atomic E-state index is 12.7. The van der Waals surface area contributed by atoms with Crippen LogP contribution in [0.15, 0.2) is 18.2 Å². The average molecular weight is 350 g/mol. The Labute approximate surface area is 137 Å². The Bertz CT molecular complexity index is 567. The number of hydrogen-bond donors (Lipinski definition) is 2. The molecule has 1 atom stereocenters. The van der Waals surface area contributed by atoms with Gasteiger partial charge in [0.15, 0.2) is 0 Å². The monoisotopic (exact) mass is 349 g/mol. The molecular formula is C16H19ClF3NO2. The number of benzene rings is 1. The van der Waals surface area contributed by atoms with Crippen LogP contribution in [-0.4, -0.2) is 23.2 Å². The lowest BCUT2D eigenvalue weighted by Gasteiger charge is -2.30. The van der Waals surface area contributed by atoms with Gasteiger partial charge in [-0.05, 0) is 56.7 Å². The first-order valence-corrected chi connectivity index (χ1v) is 7.92. The van der Waals surface area contributed by atoms with Gasteiger partial charge < -0.3 is 10.4 Å². The first-order valence-electron chi connectivity index (χ1n) is 7.54. The SMILES string of the molecule is C[C@H](O)C1CCC(NC(=O)c2cc(C(F)(F)F)ccc2Cl)CC1. The molecule has 1 amide bonds. The van der Waals surface area contributed by atoms with Gasteiger partial charge in [-0.25, -0.2) is 0 Å². The first-order chi connectivity index (χ1) is 10.7. The minimum absolute atomic E-state index is 0.00633. The maximum atomic E-state index is 12.7. The molecule has 1 aliphatic carbocycles. The van der Waals surface area contributed by atoms with E-state index in [9.17, 15) is 23.1 Å². The van der Waals surface area contributed by atoms with E-state index in [1.165, 1.54) is 0 Å². The highest BCUT2D eigenvalue weighted by Gasteiger charge is 2.32. The van der Waals surface area contributed by atoms with Crippen LogP contribution in [0.4, 0.5) is 13.2 Å². The summed E-state index contributed by atoms with van der Waals surface area (Å²) < 4.78 is 38.2. The zero-order chi connectivity index (χ0) is 17.2. The van der Waals surface area contributed by atoms with E-state index >= 15 is 0 Å². The van der Waals surface area contributed by atoms with Crippen LogP contribution in [0.3, 0.4) is 0 Å². The quantitative estimate of drug-likeness (QED) is 0.865. The lowest BCUT2D eigenvalue weighted by atomic mass is 9.83. The van der Waals surface area contributed by atoms with Crippen LogP contribution < -0.4 is 5.32 Å². The molecule has 2 rings (SSSR count). The topological polar surface area (TPSA) is 49.3 Å². The zero-order valence-electron chi connectivity index (χ0n) is 12.7. The summed E-state index contributed by atoms with van der Waals surface area (Å²) >= 11 is 5.86. The Hall–Kier alpha value is -1.27. The fourth-order valence-electron chi connectivity index (χ4n) is 2.88. The predicted octanol–water partition coefficient (Wildman–Crippen LogP) is 4.03. The second-order valence-electron chi connectivity index (χ2n) is 6.02. The third kappa shape index (κ3) is 4.61. The van der Waals surface area contributed by atoms with E-state index in [1.54, 1.807) is 6.92 Å². The van der Waals surface area contributed by atoms with Crippen LogP contribution in [0.1, 0.15) is 48.5 Å². The number of amides is 1. The van der Waals surface area contributed by atoms with E-state index in [4.69, 9.17) is 11.6 Å². The number of carbonyl (C=O) groups is 1. The van der Waals surface area contributed by atoms with Gasteiger partial charge in [-0.3, -0.25) is 4.79 Å². The van der Waals surface area contributed by atoms with E-state index in [2.05, 4.69) is 5.32 Å². The van der Waals surface area contributed by atoms with E-state index < -0.39 is 17.6 Å². The van der Waals surface area contributed by atoms with Crippen LogP contribution in [0.2, 0.25) is 5.02 Å². The number of nitrogens with one attached hydrogen (secondary N) is 1. The van der Waals surface area contributed by atoms with Crippen molar-refractivity contribution in [3.05, 3.63) is 34.3 Å². The Balaban J connectivity index is 2.04. The van der Waals surface area contributed by atoms with Crippen molar-refractivity contribution in [1.29, 1.82) is 0 Å². The molecule has 0 heterocycles. The lowest BCUT2D eigenvalue weighted by Crippen LogP contribution is -2.39. The Kier molecular flexibility index (Phi) is 5.57. The average Bonchev–Trinajstić information content (AvgIpc) is 2.46. The summed E-state index contributed by atoms with van der Waals surface area (Å²) in [4.78, 5) is 12.2. The molecule has 1 aromatic carbocycles. The molecule has 0 bridgehead atoms. The van der Waals surface area contributed by atoms with E-state index in [-0.39, 0.29) is 28.6 Å². The number of aliphatic hydroxyl groups is 1. The summed E-state index contributed by atoms with van der Waals surface area (Å²) in [7, 11) is 0. The van der Waals surface area contributed by atoms with Gasteiger partial charge in [0.2, 0.25) is 0 Å². The van der Waals surface area contributed by atoms with Crippen molar-refractivity contribution in [1.82, 2.24) is 5.32 Å². The van der Waals surface area contributed by atoms with Gasteiger partial charge in [0.25, 0.3) is 5.91 Å². The number of aliphatic hydroxyl groups excluding tert-OH is 1. The zero-order valence-corrected chi connectivity index (χ0v) is 13.4. The number of hydrogen-bond acceptors (Lipinski definition) is 2. The van der Waals surface area contributed by atoms with E-state index in [0.717, 1.165) is 31.0 Å². The van der Waals surface area contributed by atoms with Gasteiger partial charge in [-0.1, -0.05) is 11.6 Å². The minimum atomic E-state index is -4.52. The van der Waals surface area contributed by atoms with Gasteiger partial charge in [-0.2, -0.15) is 13.2 Å². The number of carbonyl (C=O) groups excluding carboxylic acids is 1. The number of alkyl halides is 3. The summed E-state index contributed by atoms with van der Waals surface area (Å²) in [6.45, 7) is 1.74. The standard InChI is InChI=1S/C16H19ClF3NO2/c1-9(22)10-2-5-12(6-3-10)21-15(23)13-8-11(16(18,19)20)4-7-14(13)17/h4,7-10,12,22H,2-3,5-6H2,1H3,(H,21,23)/t9-,10?,12?/m0/s1. The molecule has 0 spiro atoms. The Morgan fingerprint density at radius 3 is 2.43 bits per heavy atom. The van der Waals surface area contributed by atoms with Crippen molar-refractivity contribution in [3.63, 3.8) is 0 Å². The van der Waals surface area contributed by atoms with E-state index in [0.29, 0.717) is 12.8 Å². The molecule has 1 aromatic rings. The normalized spacial score (nSPS) is 23.4. The van der Waals surface area contributed by atoms with Crippen LogP contribution >= 0.6 is 11.6 Å². The molecule has 0 aromatic heterocycles. The van der Waals surface area contributed by atoms with Gasteiger partial charge >= 0.3 is 6.18 Å². The summed E-state index contributed by atoms with van der Waals surface area (Å²) in [6.07, 6.45) is -1.97. The molecule has 23 heavy (non-hydrogen) atoms. The fourth-order valence-corrected chi connectivity index (χ4v) is 3.09. The van der Waals surface area contributed by atoms with Crippen LogP contribution in [-0.2, 0) is 6.18 Å². The minimum Gasteiger partial charge on any atom is -0.393 e. The smallest absolute Gasteiger partial charge is 0.393 e. The van der Waals surface area contributed by atoms with Crippen molar-refractivity contribution in [2.45, 2.75) is 50.9 Å². The summed E-state index contributed by atoms with van der Waals surface area (Å²) in [5.74, 6) is -0.387. The lowest BCUT2D eigenvalue weighted by molar-refractivity contribution is -0.137. The Morgan fingerprint density at radius 2 is 1.91 bits per heavy atom. The predicted molar refractivity (Wildman–Crippen MR) is 81.3 cm³/mol. The van der Waals surface area contributed by atoms with Crippen LogP contribution in [0.25, 0.3) is 0 Å². The molecule has 2 N–H and O–H groups in total. The molecule has 7 heteroatoms. The highest BCUT2D eigenvalue weighted by atomic mass is 35.5. The molecule has 0 saturated heterocycles. The summed E-state index contributed by atoms with van der Waals surface area (Å²) in [5, 5.41) is 12.3. The number of halogens is 4. The highest BCUT2D eigenvalue weighted by Crippen LogP contribution is 2.32. The summed E-state index contributed by atoms with van der Waals surface area (Å²) in [6, 6.07) is 2.61. The molecule has 128 valence electrons. The van der Waals surface area contributed by atoms with Gasteiger partial charge in [0.05, 0.1) is 22.3 Å². The third-order valence-electron chi connectivity index (χ3n) is 4.33. The van der Waals surface area contributed by atoms with Crippen LogP contribution in [0.5, 0.6) is 0 Å². The second kappa shape index (κ2) is 7.09. The Morgan fingerprint density at radius 1 is 1.30 bits per heavy atom. The molecule has 0 unspecified atom stereocenters. The molecule has 3 nitrogen and oxygen atoms in total. The van der Waals surface area contributed by atoms with Crippen molar-refractivity contribution in [2.24, 2.45) is 5.92 Å². The van der Waals surface area contributed by atoms with E-state index in [1.807, 2.05) is 0 Å². The largest absolute Gasteiger partial charge is 0.416 e.